The van der Waals surface area contributed by atoms with Gasteiger partial charge < -0.3 is 20.5 Å². The fourth-order valence-electron chi connectivity index (χ4n) is 1.47. The molecule has 23 heavy (non-hydrogen) atoms. The number of hydrogen-bond donors (Lipinski definition) is 2. The zero-order valence-electron chi connectivity index (χ0n) is 12.4. The highest BCUT2D eigenvalue weighted by molar-refractivity contribution is 14.0. The molecule has 0 saturated carbocycles. The number of alkyl halides is 3. The van der Waals surface area contributed by atoms with Gasteiger partial charge in [-0.25, -0.2) is 0 Å². The summed E-state index contributed by atoms with van der Waals surface area (Å²) in [5, 5.41) is 2.50. The lowest BCUT2D eigenvalue weighted by Gasteiger charge is -2.14. The van der Waals surface area contributed by atoms with Crippen LogP contribution >= 0.6 is 24.0 Å². The molecule has 1 aromatic rings. The summed E-state index contributed by atoms with van der Waals surface area (Å²) in [6.45, 7) is 1.62. The number of rotatable bonds is 5. The lowest BCUT2D eigenvalue weighted by Crippen LogP contribution is -2.26. The summed E-state index contributed by atoms with van der Waals surface area (Å²) in [6.07, 6.45) is -4.82. The zero-order valence-corrected chi connectivity index (χ0v) is 14.7. The molecular weight excluding hydrogens is 430 g/mol. The van der Waals surface area contributed by atoms with Crippen molar-refractivity contribution in [1.82, 2.24) is 0 Å². The zero-order chi connectivity index (χ0) is 16.8. The minimum atomic E-state index is -4.82. The number of aliphatic imine (C=N–C) groups is 1. The number of nitrogens with one attached hydrogen (secondary N) is 1. The maximum atomic E-state index is 12.3. The predicted molar refractivity (Wildman–Crippen MR) is 89.8 cm³/mol. The molecule has 1 atom stereocenters. The molecule has 0 aliphatic carbocycles. The number of carbonyl (C=O) groups excluding carboxylic acids is 1. The third-order valence-electron chi connectivity index (χ3n) is 2.51. The molecule has 0 heterocycles. The molecule has 1 aromatic carbocycles. The van der Waals surface area contributed by atoms with Crippen molar-refractivity contribution in [2.45, 2.75) is 13.3 Å². The van der Waals surface area contributed by atoms with Gasteiger partial charge in [-0.15, -0.1) is 37.1 Å². The average molecular weight is 447 g/mol. The lowest BCUT2D eigenvalue weighted by atomic mass is 10.2. The van der Waals surface area contributed by atoms with Crippen molar-refractivity contribution >= 4 is 41.6 Å². The Bertz CT molecular complexity index is 553. The third-order valence-corrected chi connectivity index (χ3v) is 2.51. The van der Waals surface area contributed by atoms with E-state index in [9.17, 15) is 18.0 Å². The van der Waals surface area contributed by atoms with Gasteiger partial charge in [0.25, 0.3) is 0 Å². The van der Waals surface area contributed by atoms with Crippen LogP contribution in [0.3, 0.4) is 0 Å². The molecule has 0 saturated heterocycles. The van der Waals surface area contributed by atoms with Crippen LogP contribution in [0.25, 0.3) is 0 Å². The van der Waals surface area contributed by atoms with Gasteiger partial charge >= 0.3 is 12.3 Å². The molecule has 3 N–H and O–H groups in total. The monoisotopic (exact) mass is 447 g/mol. The Kier molecular flexibility index (Phi) is 8.72. The highest BCUT2D eigenvalue weighted by atomic mass is 127. The SMILES string of the molecule is COC(=O)C(C)CN=C(N)Nc1ccccc1OC(F)(F)F.I. The predicted octanol–water partition coefficient (Wildman–Crippen LogP) is 2.74. The van der Waals surface area contributed by atoms with Gasteiger partial charge in [0.2, 0.25) is 0 Å². The van der Waals surface area contributed by atoms with Crippen LogP contribution in [-0.4, -0.2) is 31.9 Å². The van der Waals surface area contributed by atoms with Crippen LogP contribution in [0.1, 0.15) is 6.92 Å². The Balaban J connectivity index is 0.00000484. The van der Waals surface area contributed by atoms with E-state index >= 15 is 0 Å². The number of esters is 1. The number of para-hydroxylation sites is 2. The third kappa shape index (κ3) is 7.90. The summed E-state index contributed by atoms with van der Waals surface area (Å²) in [4.78, 5) is 15.1. The molecule has 0 fully saturated rings. The van der Waals surface area contributed by atoms with Crippen molar-refractivity contribution in [3.63, 3.8) is 0 Å². The number of carbonyl (C=O) groups is 1. The minimum Gasteiger partial charge on any atom is -0.469 e. The van der Waals surface area contributed by atoms with E-state index in [-0.39, 0.29) is 42.2 Å². The van der Waals surface area contributed by atoms with Crippen molar-refractivity contribution in [2.75, 3.05) is 19.0 Å². The largest absolute Gasteiger partial charge is 0.573 e. The number of halogens is 4. The van der Waals surface area contributed by atoms with E-state index in [4.69, 9.17) is 5.73 Å². The molecule has 0 amide bonds. The smallest absolute Gasteiger partial charge is 0.469 e. The number of ether oxygens (including phenoxy) is 2. The van der Waals surface area contributed by atoms with Crippen molar-refractivity contribution in [3.8, 4) is 5.75 Å². The molecule has 1 rings (SSSR count). The summed E-state index contributed by atoms with van der Waals surface area (Å²) in [7, 11) is 1.24. The molecule has 0 aromatic heterocycles. The van der Waals surface area contributed by atoms with E-state index in [2.05, 4.69) is 19.8 Å². The maximum absolute atomic E-state index is 12.3. The van der Waals surface area contributed by atoms with E-state index in [0.29, 0.717) is 0 Å². The van der Waals surface area contributed by atoms with Crippen molar-refractivity contribution in [1.29, 1.82) is 0 Å². The summed E-state index contributed by atoms with van der Waals surface area (Å²) >= 11 is 0. The van der Waals surface area contributed by atoms with Crippen molar-refractivity contribution in [2.24, 2.45) is 16.6 Å². The van der Waals surface area contributed by atoms with Crippen LogP contribution in [-0.2, 0) is 9.53 Å². The first-order valence-corrected chi connectivity index (χ1v) is 6.22. The number of hydrogen-bond acceptors (Lipinski definition) is 4. The molecule has 0 aliphatic heterocycles. The number of benzene rings is 1. The van der Waals surface area contributed by atoms with Gasteiger partial charge in [0.05, 0.1) is 25.3 Å². The first-order valence-electron chi connectivity index (χ1n) is 6.22. The Hall–Kier alpha value is -1.72. The summed E-state index contributed by atoms with van der Waals surface area (Å²) in [5.41, 5.74) is 5.58. The Labute approximate surface area is 148 Å². The Morgan fingerprint density at radius 3 is 2.57 bits per heavy atom. The van der Waals surface area contributed by atoms with E-state index in [1.54, 1.807) is 6.92 Å². The number of nitrogens with two attached hydrogens (primary N) is 1. The van der Waals surface area contributed by atoms with Gasteiger partial charge in [-0.05, 0) is 12.1 Å². The molecule has 0 aliphatic rings. The second-order valence-corrected chi connectivity index (χ2v) is 4.32. The van der Waals surface area contributed by atoms with Crippen molar-refractivity contribution < 1.29 is 27.4 Å². The van der Waals surface area contributed by atoms with Crippen LogP contribution < -0.4 is 15.8 Å². The summed E-state index contributed by atoms with van der Waals surface area (Å²) in [6, 6.07) is 5.39. The highest BCUT2D eigenvalue weighted by Gasteiger charge is 2.32. The number of guanidine groups is 1. The van der Waals surface area contributed by atoms with Gasteiger partial charge in [0.15, 0.2) is 11.7 Å². The Morgan fingerprint density at radius 1 is 1.39 bits per heavy atom. The molecule has 10 heteroatoms. The average Bonchev–Trinajstić information content (AvgIpc) is 2.44. The van der Waals surface area contributed by atoms with Gasteiger partial charge in [-0.2, -0.15) is 0 Å². The normalized spacial score (nSPS) is 12.8. The highest BCUT2D eigenvalue weighted by Crippen LogP contribution is 2.29. The van der Waals surface area contributed by atoms with Crippen LogP contribution in [0, 0.1) is 5.92 Å². The van der Waals surface area contributed by atoms with Crippen LogP contribution in [0.2, 0.25) is 0 Å². The van der Waals surface area contributed by atoms with Crippen molar-refractivity contribution in [3.05, 3.63) is 24.3 Å². The fraction of sp³-hybridized carbons (Fsp3) is 0.385. The molecule has 0 radical (unpaired) electrons. The number of methoxy groups -OCH3 is 1. The lowest BCUT2D eigenvalue weighted by molar-refractivity contribution is -0.274. The second kappa shape index (κ2) is 9.43. The molecule has 6 nitrogen and oxygen atoms in total. The molecule has 0 bridgehead atoms. The van der Waals surface area contributed by atoms with Crippen LogP contribution in [0.5, 0.6) is 5.75 Å². The molecule has 1 unspecified atom stereocenters. The first-order chi connectivity index (χ1) is 10.2. The van der Waals surface area contributed by atoms with E-state index in [0.717, 1.165) is 6.07 Å². The number of nitrogens with zero attached hydrogens (tertiary/aromatic N) is 1. The maximum Gasteiger partial charge on any atom is 0.573 e. The van der Waals surface area contributed by atoms with Crippen LogP contribution in [0.4, 0.5) is 18.9 Å². The van der Waals surface area contributed by atoms with E-state index < -0.39 is 24.0 Å². The summed E-state index contributed by atoms with van der Waals surface area (Å²) in [5.74, 6) is -1.56. The number of anilines is 1. The topological polar surface area (TPSA) is 85.9 Å². The molecular formula is C13H17F3IN3O3. The minimum absolute atomic E-state index is 0. The van der Waals surface area contributed by atoms with Crippen LogP contribution in [0.15, 0.2) is 29.3 Å². The molecule has 0 spiro atoms. The second-order valence-electron chi connectivity index (χ2n) is 4.32. The Morgan fingerprint density at radius 2 is 2.00 bits per heavy atom. The summed E-state index contributed by atoms with van der Waals surface area (Å²) < 4.78 is 45.2. The standard InChI is InChI=1S/C13H16F3N3O3.HI/c1-8(11(20)21-2)7-18-12(17)19-9-5-3-4-6-10(9)22-13(14,15)16;/h3-6,8H,7H2,1-2H3,(H3,17,18,19);1H. The first kappa shape index (κ1) is 21.3. The van der Waals surface area contributed by atoms with Gasteiger partial charge in [-0.1, -0.05) is 19.1 Å². The van der Waals surface area contributed by atoms with Gasteiger partial charge in [0.1, 0.15) is 0 Å². The quantitative estimate of drug-likeness (QED) is 0.314. The van der Waals surface area contributed by atoms with E-state index in [1.807, 2.05) is 0 Å². The van der Waals surface area contributed by atoms with Gasteiger partial charge in [-0.3, -0.25) is 9.79 Å². The molecule has 130 valence electrons. The van der Waals surface area contributed by atoms with E-state index in [1.165, 1.54) is 25.3 Å². The van der Waals surface area contributed by atoms with Gasteiger partial charge in [0, 0.05) is 0 Å². The fourth-order valence-corrected chi connectivity index (χ4v) is 1.47.